The second kappa shape index (κ2) is 6.60. The van der Waals surface area contributed by atoms with Crippen LogP contribution in [0.15, 0.2) is 23.1 Å². The van der Waals surface area contributed by atoms with Gasteiger partial charge >= 0.3 is 5.97 Å². The van der Waals surface area contributed by atoms with Gasteiger partial charge in [0.25, 0.3) is 0 Å². The van der Waals surface area contributed by atoms with Gasteiger partial charge < -0.3 is 4.74 Å². The van der Waals surface area contributed by atoms with E-state index in [2.05, 4.69) is 4.72 Å². The van der Waals surface area contributed by atoms with Gasteiger partial charge in [-0.2, -0.15) is 0 Å². The number of nitrogens with one attached hydrogen (secondary N) is 1. The summed E-state index contributed by atoms with van der Waals surface area (Å²) in [6, 6.07) is 2.85. The van der Waals surface area contributed by atoms with Crippen molar-refractivity contribution < 1.29 is 27.1 Å². The number of hydrogen-bond acceptors (Lipinski definition) is 5. The van der Waals surface area contributed by atoms with Crippen molar-refractivity contribution in [1.82, 2.24) is 4.72 Å². The van der Waals surface area contributed by atoms with Crippen molar-refractivity contribution in [2.45, 2.75) is 55.6 Å². The molecule has 0 radical (unpaired) electrons. The van der Waals surface area contributed by atoms with Crippen LogP contribution >= 0.6 is 0 Å². The molecule has 0 unspecified atom stereocenters. The summed E-state index contributed by atoms with van der Waals surface area (Å²) >= 11 is 0. The van der Waals surface area contributed by atoms with E-state index in [1.165, 1.54) is 0 Å². The number of rotatable bonds is 5. The average molecular weight is 355 g/mol. The Bertz CT molecular complexity index is 773. The lowest BCUT2D eigenvalue weighted by Gasteiger charge is -2.20. The van der Waals surface area contributed by atoms with Crippen molar-refractivity contribution in [1.29, 1.82) is 0 Å². The average Bonchev–Trinajstić information content (AvgIpc) is 3.33. The Morgan fingerprint density at radius 1 is 1.21 bits per heavy atom. The molecule has 0 amide bonds. The van der Waals surface area contributed by atoms with E-state index >= 15 is 0 Å². The van der Waals surface area contributed by atoms with E-state index in [9.17, 15) is 22.4 Å². The van der Waals surface area contributed by atoms with E-state index in [0.717, 1.165) is 31.0 Å². The quantitative estimate of drug-likeness (QED) is 0.815. The molecule has 3 rings (SSSR count). The van der Waals surface area contributed by atoms with Gasteiger partial charge in [0.15, 0.2) is 11.9 Å². The first-order valence-electron chi connectivity index (χ1n) is 7.92. The van der Waals surface area contributed by atoms with Crippen molar-refractivity contribution in [3.63, 3.8) is 0 Å². The SMILES string of the molecule is O=C(O[C@H]1CCCCC1=O)c1ccc(F)c(S(=O)(=O)NC2CC2)c1. The Morgan fingerprint density at radius 3 is 2.62 bits per heavy atom. The van der Waals surface area contributed by atoms with Crippen LogP contribution in [0.1, 0.15) is 48.9 Å². The molecule has 0 aliphatic heterocycles. The predicted molar refractivity (Wildman–Crippen MR) is 82.4 cm³/mol. The number of carbonyl (C=O) groups excluding carboxylic acids is 2. The van der Waals surface area contributed by atoms with Gasteiger partial charge in [0.05, 0.1) is 5.56 Å². The van der Waals surface area contributed by atoms with E-state index in [4.69, 9.17) is 4.74 Å². The summed E-state index contributed by atoms with van der Waals surface area (Å²) in [5.74, 6) is -1.90. The maximum atomic E-state index is 13.9. The van der Waals surface area contributed by atoms with Crippen LogP contribution in [0.25, 0.3) is 0 Å². The largest absolute Gasteiger partial charge is 0.451 e. The Morgan fingerprint density at radius 2 is 1.96 bits per heavy atom. The fourth-order valence-electron chi connectivity index (χ4n) is 2.59. The van der Waals surface area contributed by atoms with Gasteiger partial charge in [0.1, 0.15) is 10.7 Å². The lowest BCUT2D eigenvalue weighted by Crippen LogP contribution is -2.30. The zero-order valence-corrected chi connectivity index (χ0v) is 13.8. The molecule has 0 aromatic heterocycles. The summed E-state index contributed by atoms with van der Waals surface area (Å²) in [5, 5.41) is 0. The maximum Gasteiger partial charge on any atom is 0.338 e. The molecule has 0 spiro atoms. The standard InChI is InChI=1S/C16H18FNO5S/c17-12-8-5-10(9-15(12)24(21,22)18-11-6-7-11)16(20)23-14-4-2-1-3-13(14)19/h5,8-9,11,14,18H,1-4,6-7H2/t14-/m0/s1. The van der Waals surface area contributed by atoms with Crippen LogP contribution in [0.5, 0.6) is 0 Å². The van der Waals surface area contributed by atoms with Crippen molar-refractivity contribution in [3.05, 3.63) is 29.6 Å². The number of carbonyl (C=O) groups is 2. The van der Waals surface area contributed by atoms with Crippen LogP contribution in [-0.4, -0.2) is 32.3 Å². The predicted octanol–water partition coefficient (Wildman–Crippen LogP) is 1.93. The van der Waals surface area contributed by atoms with Crippen molar-refractivity contribution in [2.24, 2.45) is 0 Å². The Hall–Kier alpha value is -1.80. The van der Waals surface area contributed by atoms with E-state index < -0.39 is 32.8 Å². The molecule has 0 bridgehead atoms. The zero-order valence-electron chi connectivity index (χ0n) is 13.0. The molecule has 1 N–H and O–H groups in total. The number of ketones is 1. The number of ether oxygens (including phenoxy) is 1. The highest BCUT2D eigenvalue weighted by atomic mass is 32.2. The number of Topliss-reactive ketones (excluding diaryl/α,β-unsaturated/α-hetero) is 1. The highest BCUT2D eigenvalue weighted by Gasteiger charge is 2.31. The smallest absolute Gasteiger partial charge is 0.338 e. The van der Waals surface area contributed by atoms with Crippen LogP contribution in [-0.2, 0) is 19.6 Å². The summed E-state index contributed by atoms with van der Waals surface area (Å²) in [4.78, 5) is 23.3. The minimum atomic E-state index is -4.03. The highest BCUT2D eigenvalue weighted by Crippen LogP contribution is 2.25. The summed E-state index contributed by atoms with van der Waals surface area (Å²) in [6.07, 6.45) is 3.02. The third kappa shape index (κ3) is 3.81. The van der Waals surface area contributed by atoms with Gasteiger partial charge in [-0.1, -0.05) is 0 Å². The van der Waals surface area contributed by atoms with Gasteiger partial charge in [-0.3, -0.25) is 4.79 Å². The van der Waals surface area contributed by atoms with Crippen LogP contribution in [0, 0.1) is 5.82 Å². The maximum absolute atomic E-state index is 13.9. The molecule has 1 aromatic rings. The molecular weight excluding hydrogens is 337 g/mol. The van der Waals surface area contributed by atoms with E-state index in [-0.39, 0.29) is 17.4 Å². The van der Waals surface area contributed by atoms with E-state index in [0.29, 0.717) is 25.7 Å². The topological polar surface area (TPSA) is 89.5 Å². The molecule has 130 valence electrons. The molecule has 2 aliphatic carbocycles. The van der Waals surface area contributed by atoms with Gasteiger partial charge in [-0.15, -0.1) is 0 Å². The van der Waals surface area contributed by atoms with Crippen molar-refractivity contribution >= 4 is 21.8 Å². The summed E-state index contributed by atoms with van der Waals surface area (Å²) in [7, 11) is -4.03. The van der Waals surface area contributed by atoms with Crippen LogP contribution in [0.2, 0.25) is 0 Å². The normalized spacial score (nSPS) is 21.5. The Labute approximate surface area is 139 Å². The number of halogens is 1. The molecule has 0 heterocycles. The summed E-state index contributed by atoms with van der Waals surface area (Å²) in [6.45, 7) is 0. The first kappa shape index (κ1) is 17.0. The van der Waals surface area contributed by atoms with E-state index in [1.54, 1.807) is 0 Å². The van der Waals surface area contributed by atoms with Gasteiger partial charge in [0.2, 0.25) is 10.0 Å². The Balaban J connectivity index is 1.79. The molecule has 8 heteroatoms. The van der Waals surface area contributed by atoms with E-state index in [1.807, 2.05) is 0 Å². The summed E-state index contributed by atoms with van der Waals surface area (Å²) in [5.41, 5.74) is -0.0917. The van der Waals surface area contributed by atoms with Gasteiger partial charge in [-0.25, -0.2) is 22.3 Å². The molecule has 6 nitrogen and oxygen atoms in total. The van der Waals surface area contributed by atoms with Crippen molar-refractivity contribution in [2.75, 3.05) is 0 Å². The second-order valence-corrected chi connectivity index (χ2v) is 7.83. The number of esters is 1. The fraction of sp³-hybridized carbons (Fsp3) is 0.500. The molecule has 2 fully saturated rings. The van der Waals surface area contributed by atoms with Crippen LogP contribution < -0.4 is 4.72 Å². The van der Waals surface area contributed by atoms with Crippen molar-refractivity contribution in [3.8, 4) is 0 Å². The van der Waals surface area contributed by atoms with Crippen LogP contribution in [0.3, 0.4) is 0 Å². The van der Waals surface area contributed by atoms with Crippen LogP contribution in [0.4, 0.5) is 4.39 Å². The minimum Gasteiger partial charge on any atom is -0.451 e. The second-order valence-electron chi connectivity index (χ2n) is 6.15. The lowest BCUT2D eigenvalue weighted by molar-refractivity contribution is -0.129. The molecule has 2 saturated carbocycles. The number of benzene rings is 1. The molecule has 1 aromatic carbocycles. The first-order valence-corrected chi connectivity index (χ1v) is 9.41. The lowest BCUT2D eigenvalue weighted by atomic mass is 9.96. The van der Waals surface area contributed by atoms with Gasteiger partial charge in [0, 0.05) is 12.5 Å². The van der Waals surface area contributed by atoms with Gasteiger partial charge in [-0.05, 0) is 50.3 Å². The molecule has 0 saturated heterocycles. The fourth-order valence-corrected chi connectivity index (χ4v) is 4.00. The third-order valence-corrected chi connectivity index (χ3v) is 5.64. The number of sulfonamides is 1. The first-order chi connectivity index (χ1) is 11.4. The minimum absolute atomic E-state index is 0.0917. The monoisotopic (exact) mass is 355 g/mol. The highest BCUT2D eigenvalue weighted by molar-refractivity contribution is 7.89. The number of hydrogen-bond donors (Lipinski definition) is 1. The summed E-state index contributed by atoms with van der Waals surface area (Å²) < 4.78 is 45.8. The molecule has 24 heavy (non-hydrogen) atoms. The Kier molecular flexibility index (Phi) is 4.69. The molecule has 2 aliphatic rings. The molecular formula is C16H18FNO5S. The zero-order chi connectivity index (χ0) is 17.3. The molecule has 1 atom stereocenters. The third-order valence-electron chi connectivity index (χ3n) is 4.10.